The molecular formula is C22H26N2O4. The summed E-state index contributed by atoms with van der Waals surface area (Å²) in [6.07, 6.45) is 0.869. The van der Waals surface area contributed by atoms with E-state index in [0.717, 1.165) is 12.0 Å². The molecule has 0 aliphatic carbocycles. The number of hydrogen-bond donors (Lipinski definition) is 3. The molecule has 3 unspecified atom stereocenters. The van der Waals surface area contributed by atoms with Gasteiger partial charge in [-0.2, -0.15) is 0 Å². The van der Waals surface area contributed by atoms with Gasteiger partial charge in [-0.05, 0) is 42.7 Å². The van der Waals surface area contributed by atoms with E-state index in [4.69, 9.17) is 5.11 Å². The minimum absolute atomic E-state index is 0.0998. The zero-order valence-electron chi connectivity index (χ0n) is 16.3. The van der Waals surface area contributed by atoms with Crippen molar-refractivity contribution in [1.29, 1.82) is 0 Å². The molecule has 0 aliphatic heterocycles. The topological polar surface area (TPSA) is 95.5 Å². The fourth-order valence-corrected chi connectivity index (χ4v) is 2.90. The summed E-state index contributed by atoms with van der Waals surface area (Å²) in [6.45, 7) is 5.50. The monoisotopic (exact) mass is 382 g/mol. The summed E-state index contributed by atoms with van der Waals surface area (Å²) in [6, 6.07) is 15.1. The average Bonchev–Trinajstić information content (AvgIpc) is 2.69. The van der Waals surface area contributed by atoms with Crippen molar-refractivity contribution >= 4 is 23.5 Å². The summed E-state index contributed by atoms with van der Waals surface area (Å²) < 4.78 is 0. The van der Waals surface area contributed by atoms with Gasteiger partial charge in [0.1, 0.15) is 6.04 Å². The molecule has 6 heteroatoms. The van der Waals surface area contributed by atoms with Gasteiger partial charge in [0.05, 0.1) is 5.92 Å². The molecule has 0 saturated heterocycles. The van der Waals surface area contributed by atoms with E-state index in [1.165, 1.54) is 6.92 Å². The maximum Gasteiger partial charge on any atom is 0.325 e. The minimum Gasteiger partial charge on any atom is -0.480 e. The summed E-state index contributed by atoms with van der Waals surface area (Å²) in [5.41, 5.74) is 1.87. The lowest BCUT2D eigenvalue weighted by Gasteiger charge is -2.23. The lowest BCUT2D eigenvalue weighted by atomic mass is 9.85. The lowest BCUT2D eigenvalue weighted by molar-refractivity contribution is -0.138. The molecule has 0 saturated carbocycles. The lowest BCUT2D eigenvalue weighted by Crippen LogP contribution is -2.38. The van der Waals surface area contributed by atoms with Crippen LogP contribution in [0.4, 0.5) is 5.69 Å². The first kappa shape index (κ1) is 21.2. The number of hydrogen-bond acceptors (Lipinski definition) is 3. The summed E-state index contributed by atoms with van der Waals surface area (Å²) >= 11 is 0. The highest BCUT2D eigenvalue weighted by molar-refractivity contribution is 5.98. The van der Waals surface area contributed by atoms with E-state index in [9.17, 15) is 14.4 Å². The average molecular weight is 382 g/mol. The van der Waals surface area contributed by atoms with E-state index in [-0.39, 0.29) is 17.7 Å². The van der Waals surface area contributed by atoms with Gasteiger partial charge >= 0.3 is 5.97 Å². The second-order valence-corrected chi connectivity index (χ2v) is 6.87. The van der Waals surface area contributed by atoms with E-state index in [2.05, 4.69) is 17.6 Å². The van der Waals surface area contributed by atoms with Crippen LogP contribution in [0.15, 0.2) is 54.6 Å². The first-order valence-electron chi connectivity index (χ1n) is 9.33. The fourth-order valence-electron chi connectivity index (χ4n) is 2.90. The highest BCUT2D eigenvalue weighted by Crippen LogP contribution is 2.28. The molecule has 2 rings (SSSR count). The smallest absolute Gasteiger partial charge is 0.325 e. The van der Waals surface area contributed by atoms with E-state index < -0.39 is 17.9 Å². The predicted molar refractivity (Wildman–Crippen MR) is 108 cm³/mol. The Morgan fingerprint density at radius 3 is 2.11 bits per heavy atom. The number of carboxylic acid groups (broad SMARTS) is 1. The van der Waals surface area contributed by atoms with Crippen LogP contribution in [0.3, 0.4) is 0 Å². The SMILES string of the molecule is CCC(C)C(C(=O)Nc1ccc(C(=O)NC(C)C(=O)O)cc1)c1ccccc1. The Hall–Kier alpha value is -3.15. The van der Waals surface area contributed by atoms with Crippen molar-refractivity contribution in [3.63, 3.8) is 0 Å². The quantitative estimate of drug-likeness (QED) is 0.649. The van der Waals surface area contributed by atoms with Gasteiger partial charge in [-0.1, -0.05) is 50.6 Å². The van der Waals surface area contributed by atoms with Crippen LogP contribution in [0.2, 0.25) is 0 Å². The number of aliphatic carboxylic acids is 1. The number of benzene rings is 2. The van der Waals surface area contributed by atoms with Crippen molar-refractivity contribution in [3.05, 3.63) is 65.7 Å². The fraction of sp³-hybridized carbons (Fsp3) is 0.318. The Bertz CT molecular complexity index is 818. The van der Waals surface area contributed by atoms with Crippen LogP contribution in [-0.2, 0) is 9.59 Å². The van der Waals surface area contributed by atoms with E-state index in [1.54, 1.807) is 24.3 Å². The van der Waals surface area contributed by atoms with Crippen LogP contribution in [-0.4, -0.2) is 28.9 Å². The minimum atomic E-state index is -1.10. The molecule has 0 radical (unpaired) electrons. The maximum atomic E-state index is 12.9. The number of rotatable bonds is 8. The zero-order valence-corrected chi connectivity index (χ0v) is 16.3. The Balaban J connectivity index is 2.10. The van der Waals surface area contributed by atoms with Gasteiger partial charge in [-0.3, -0.25) is 14.4 Å². The molecule has 0 bridgehead atoms. The normalized spacial score (nSPS) is 13.8. The van der Waals surface area contributed by atoms with Crippen molar-refractivity contribution < 1.29 is 19.5 Å². The molecule has 0 aliphatic rings. The number of amides is 2. The molecule has 6 nitrogen and oxygen atoms in total. The molecule has 0 spiro atoms. The zero-order chi connectivity index (χ0) is 20.7. The molecular weight excluding hydrogens is 356 g/mol. The Labute approximate surface area is 165 Å². The Morgan fingerprint density at radius 2 is 1.57 bits per heavy atom. The van der Waals surface area contributed by atoms with Gasteiger partial charge in [0, 0.05) is 11.3 Å². The molecule has 2 aromatic rings. The number of carboxylic acids is 1. The molecule has 3 N–H and O–H groups in total. The molecule has 0 aromatic heterocycles. The standard InChI is InChI=1S/C22H26N2O4/c1-4-14(2)19(16-8-6-5-7-9-16)21(26)24-18-12-10-17(11-13-18)20(25)23-15(3)22(27)28/h5-15,19H,4H2,1-3H3,(H,23,25)(H,24,26)(H,27,28). The molecule has 148 valence electrons. The van der Waals surface area contributed by atoms with Crippen molar-refractivity contribution in [3.8, 4) is 0 Å². The van der Waals surface area contributed by atoms with Crippen LogP contribution >= 0.6 is 0 Å². The van der Waals surface area contributed by atoms with E-state index in [1.807, 2.05) is 37.3 Å². The number of carbonyl (C=O) groups excluding carboxylic acids is 2. The highest BCUT2D eigenvalue weighted by atomic mass is 16.4. The maximum absolute atomic E-state index is 12.9. The van der Waals surface area contributed by atoms with Crippen LogP contribution < -0.4 is 10.6 Å². The van der Waals surface area contributed by atoms with Crippen LogP contribution in [0, 0.1) is 5.92 Å². The number of carbonyl (C=O) groups is 3. The summed E-state index contributed by atoms with van der Waals surface area (Å²) in [4.78, 5) is 35.8. The van der Waals surface area contributed by atoms with Gasteiger partial charge < -0.3 is 15.7 Å². The number of anilines is 1. The summed E-state index contributed by atoms with van der Waals surface area (Å²) in [7, 11) is 0. The first-order valence-corrected chi connectivity index (χ1v) is 9.33. The van der Waals surface area contributed by atoms with Gasteiger partial charge in [-0.25, -0.2) is 0 Å². The molecule has 0 heterocycles. The van der Waals surface area contributed by atoms with Crippen molar-refractivity contribution in [2.24, 2.45) is 5.92 Å². The Morgan fingerprint density at radius 1 is 0.964 bits per heavy atom. The van der Waals surface area contributed by atoms with Crippen molar-refractivity contribution in [2.45, 2.75) is 39.2 Å². The largest absolute Gasteiger partial charge is 0.480 e. The van der Waals surface area contributed by atoms with Crippen LogP contribution in [0.25, 0.3) is 0 Å². The summed E-state index contributed by atoms with van der Waals surface area (Å²) in [5.74, 6) is -1.78. The molecule has 2 aromatic carbocycles. The third kappa shape index (κ3) is 5.42. The van der Waals surface area contributed by atoms with E-state index >= 15 is 0 Å². The summed E-state index contributed by atoms with van der Waals surface area (Å²) in [5, 5.41) is 14.2. The third-order valence-electron chi connectivity index (χ3n) is 4.79. The van der Waals surface area contributed by atoms with Crippen LogP contribution in [0.5, 0.6) is 0 Å². The second-order valence-electron chi connectivity index (χ2n) is 6.87. The molecule has 28 heavy (non-hydrogen) atoms. The molecule has 2 amide bonds. The van der Waals surface area contributed by atoms with E-state index in [0.29, 0.717) is 11.3 Å². The molecule has 3 atom stereocenters. The van der Waals surface area contributed by atoms with Crippen LogP contribution in [0.1, 0.15) is 49.0 Å². The third-order valence-corrected chi connectivity index (χ3v) is 4.79. The van der Waals surface area contributed by atoms with Gasteiger partial charge in [-0.15, -0.1) is 0 Å². The van der Waals surface area contributed by atoms with Gasteiger partial charge in [0.15, 0.2) is 0 Å². The van der Waals surface area contributed by atoms with Crippen molar-refractivity contribution in [1.82, 2.24) is 5.32 Å². The second kappa shape index (κ2) is 9.69. The van der Waals surface area contributed by atoms with Gasteiger partial charge in [0.2, 0.25) is 5.91 Å². The highest BCUT2D eigenvalue weighted by Gasteiger charge is 2.26. The van der Waals surface area contributed by atoms with Crippen molar-refractivity contribution in [2.75, 3.05) is 5.32 Å². The number of nitrogens with one attached hydrogen (secondary N) is 2. The predicted octanol–water partition coefficient (Wildman–Crippen LogP) is 3.66. The first-order chi connectivity index (χ1) is 13.3. The van der Waals surface area contributed by atoms with Gasteiger partial charge in [0.25, 0.3) is 5.91 Å². The Kier molecular flexibility index (Phi) is 7.32. The molecule has 0 fully saturated rings.